The van der Waals surface area contributed by atoms with Crippen LogP contribution in [0.15, 0.2) is 11.4 Å². The van der Waals surface area contributed by atoms with Gasteiger partial charge in [-0.3, -0.25) is 0 Å². The topological polar surface area (TPSA) is 71.2 Å². The molecule has 21 heavy (non-hydrogen) atoms. The van der Waals surface area contributed by atoms with Gasteiger partial charge in [0.05, 0.1) is 5.69 Å². The third kappa shape index (κ3) is 2.92. The highest BCUT2D eigenvalue weighted by molar-refractivity contribution is 7.13. The van der Waals surface area contributed by atoms with Gasteiger partial charge in [0.2, 0.25) is 5.95 Å². The van der Waals surface area contributed by atoms with E-state index in [0.29, 0.717) is 12.0 Å². The number of anilines is 3. The zero-order valence-corrected chi connectivity index (χ0v) is 13.4. The largest absolute Gasteiger partial charge is 0.368 e. The predicted octanol–water partition coefficient (Wildman–Crippen LogP) is 1.85. The second-order valence-electron chi connectivity index (χ2n) is 5.49. The molecular formula is C14H20N6S. The third-order valence-electron chi connectivity index (χ3n) is 3.66. The number of nitrogens with zero attached hydrogens (tertiary/aromatic N) is 5. The van der Waals surface area contributed by atoms with E-state index < -0.39 is 0 Å². The first-order valence-corrected chi connectivity index (χ1v) is 7.96. The van der Waals surface area contributed by atoms with Gasteiger partial charge in [-0.25, -0.2) is 9.97 Å². The molecule has 1 aliphatic rings. The zero-order valence-electron chi connectivity index (χ0n) is 12.6. The molecule has 3 heterocycles. The summed E-state index contributed by atoms with van der Waals surface area (Å²) in [4.78, 5) is 17.7. The fraction of sp³-hybridized carbons (Fsp3) is 0.500. The van der Waals surface area contributed by atoms with Crippen LogP contribution in [-0.2, 0) is 0 Å². The summed E-state index contributed by atoms with van der Waals surface area (Å²) in [6.45, 7) is 8.97. The van der Waals surface area contributed by atoms with Crippen LogP contribution in [0.4, 0.5) is 16.9 Å². The second kappa shape index (κ2) is 5.48. The summed E-state index contributed by atoms with van der Waals surface area (Å²) in [5.41, 5.74) is 7.75. The molecule has 0 bridgehead atoms. The van der Waals surface area contributed by atoms with Crippen LogP contribution < -0.4 is 15.5 Å². The van der Waals surface area contributed by atoms with Crippen molar-refractivity contribution in [2.45, 2.75) is 26.8 Å². The summed E-state index contributed by atoms with van der Waals surface area (Å²) in [6, 6.07) is 2.38. The number of hydrogen-bond acceptors (Lipinski definition) is 7. The van der Waals surface area contributed by atoms with Crippen LogP contribution in [-0.4, -0.2) is 40.6 Å². The molecule has 2 aromatic rings. The van der Waals surface area contributed by atoms with Gasteiger partial charge >= 0.3 is 0 Å². The lowest BCUT2D eigenvalue weighted by Crippen LogP contribution is -2.52. The van der Waals surface area contributed by atoms with E-state index >= 15 is 0 Å². The van der Waals surface area contributed by atoms with E-state index in [1.165, 1.54) is 0 Å². The van der Waals surface area contributed by atoms with Gasteiger partial charge in [0.15, 0.2) is 5.13 Å². The van der Waals surface area contributed by atoms with Crippen molar-refractivity contribution in [3.8, 4) is 0 Å². The molecule has 0 unspecified atom stereocenters. The summed E-state index contributed by atoms with van der Waals surface area (Å²) in [5.74, 6) is 1.26. The molecule has 1 fully saturated rings. The Balaban J connectivity index is 1.76. The molecule has 1 aliphatic heterocycles. The van der Waals surface area contributed by atoms with Crippen LogP contribution >= 0.6 is 11.3 Å². The van der Waals surface area contributed by atoms with Gasteiger partial charge in [-0.1, -0.05) is 0 Å². The quantitative estimate of drug-likeness (QED) is 0.913. The van der Waals surface area contributed by atoms with Crippen LogP contribution in [0, 0.1) is 13.8 Å². The van der Waals surface area contributed by atoms with Gasteiger partial charge in [0.1, 0.15) is 5.82 Å². The van der Waals surface area contributed by atoms with Crippen LogP contribution in [0.25, 0.3) is 0 Å². The van der Waals surface area contributed by atoms with Gasteiger partial charge in [0, 0.05) is 42.8 Å². The fourth-order valence-electron chi connectivity index (χ4n) is 2.66. The highest BCUT2D eigenvalue weighted by Crippen LogP contribution is 2.26. The molecule has 6 nitrogen and oxygen atoms in total. The molecule has 7 heteroatoms. The smallest absolute Gasteiger partial charge is 0.222 e. The van der Waals surface area contributed by atoms with E-state index in [2.05, 4.69) is 37.1 Å². The van der Waals surface area contributed by atoms with E-state index in [0.717, 1.165) is 42.0 Å². The summed E-state index contributed by atoms with van der Waals surface area (Å²) in [6.07, 6.45) is 0. The molecule has 0 aromatic carbocycles. The van der Waals surface area contributed by atoms with Crippen molar-refractivity contribution >= 4 is 28.2 Å². The van der Waals surface area contributed by atoms with Crippen molar-refractivity contribution in [2.75, 3.05) is 35.2 Å². The van der Waals surface area contributed by atoms with E-state index in [4.69, 9.17) is 5.73 Å². The number of piperazine rings is 1. The van der Waals surface area contributed by atoms with Gasteiger partial charge in [0.25, 0.3) is 0 Å². The van der Waals surface area contributed by atoms with E-state index in [9.17, 15) is 0 Å². The maximum Gasteiger partial charge on any atom is 0.222 e. The molecule has 2 N–H and O–H groups in total. The Kier molecular flexibility index (Phi) is 3.67. The number of thiazole rings is 1. The lowest BCUT2D eigenvalue weighted by atomic mass is 10.2. The highest BCUT2D eigenvalue weighted by Gasteiger charge is 2.26. The number of nitrogens with two attached hydrogens (primary N) is 1. The molecule has 0 saturated carbocycles. The molecule has 3 rings (SSSR count). The van der Waals surface area contributed by atoms with Crippen molar-refractivity contribution in [3.05, 3.63) is 22.8 Å². The standard InChI is InChI=1S/C14H20N6S/c1-9-6-12(18-13(15)16-9)19-4-5-20(11(3)7-19)14-17-10(2)8-21-14/h6,8,11H,4-5,7H2,1-3H3,(H2,15,16,18)/t11-/m1/s1. The number of aryl methyl sites for hydroxylation is 2. The Hall–Kier alpha value is -1.89. The van der Waals surface area contributed by atoms with Crippen molar-refractivity contribution in [1.29, 1.82) is 0 Å². The number of rotatable bonds is 2. The average Bonchev–Trinajstić information content (AvgIpc) is 2.84. The van der Waals surface area contributed by atoms with E-state index in [-0.39, 0.29) is 0 Å². The number of aromatic nitrogens is 3. The van der Waals surface area contributed by atoms with E-state index in [1.807, 2.05) is 19.9 Å². The molecule has 0 amide bonds. The predicted molar refractivity (Wildman–Crippen MR) is 87.1 cm³/mol. The van der Waals surface area contributed by atoms with Gasteiger partial charge in [-0.15, -0.1) is 11.3 Å². The maximum atomic E-state index is 5.75. The van der Waals surface area contributed by atoms with Gasteiger partial charge in [-0.05, 0) is 20.8 Å². The van der Waals surface area contributed by atoms with Crippen molar-refractivity contribution < 1.29 is 0 Å². The molecule has 0 aliphatic carbocycles. The second-order valence-corrected chi connectivity index (χ2v) is 6.32. The zero-order chi connectivity index (χ0) is 15.0. The van der Waals surface area contributed by atoms with Gasteiger partial charge in [-0.2, -0.15) is 4.98 Å². The van der Waals surface area contributed by atoms with Crippen molar-refractivity contribution in [1.82, 2.24) is 15.0 Å². The molecular weight excluding hydrogens is 284 g/mol. The Labute approximate surface area is 128 Å². The van der Waals surface area contributed by atoms with Gasteiger partial charge < -0.3 is 15.5 Å². The Morgan fingerprint density at radius 3 is 2.62 bits per heavy atom. The maximum absolute atomic E-state index is 5.75. The first kappa shape index (κ1) is 14.1. The SMILES string of the molecule is Cc1cc(N2CCN(c3nc(C)cs3)[C@H](C)C2)nc(N)n1. The molecule has 0 spiro atoms. The highest BCUT2D eigenvalue weighted by atomic mass is 32.1. The number of nitrogen functional groups attached to an aromatic ring is 1. The molecule has 1 saturated heterocycles. The Morgan fingerprint density at radius 1 is 1.19 bits per heavy atom. The van der Waals surface area contributed by atoms with Crippen LogP contribution in [0.5, 0.6) is 0 Å². The fourth-order valence-corrected chi connectivity index (χ4v) is 3.59. The lowest BCUT2D eigenvalue weighted by molar-refractivity contribution is 0.546. The summed E-state index contributed by atoms with van der Waals surface area (Å²) in [5, 5.41) is 3.21. The van der Waals surface area contributed by atoms with E-state index in [1.54, 1.807) is 11.3 Å². The van der Waals surface area contributed by atoms with Crippen LogP contribution in [0.3, 0.4) is 0 Å². The minimum absolute atomic E-state index is 0.343. The monoisotopic (exact) mass is 304 g/mol. The summed E-state index contributed by atoms with van der Waals surface area (Å²) < 4.78 is 0. The number of hydrogen-bond donors (Lipinski definition) is 1. The molecule has 112 valence electrons. The summed E-state index contributed by atoms with van der Waals surface area (Å²) in [7, 11) is 0. The first-order chi connectivity index (χ1) is 10.0. The summed E-state index contributed by atoms with van der Waals surface area (Å²) >= 11 is 1.71. The van der Waals surface area contributed by atoms with Crippen molar-refractivity contribution in [3.63, 3.8) is 0 Å². The molecule has 0 radical (unpaired) electrons. The molecule has 2 aromatic heterocycles. The first-order valence-electron chi connectivity index (χ1n) is 7.08. The van der Waals surface area contributed by atoms with Crippen LogP contribution in [0.1, 0.15) is 18.3 Å². The normalized spacial score (nSPS) is 19.1. The molecule has 1 atom stereocenters. The average molecular weight is 304 g/mol. The van der Waals surface area contributed by atoms with Crippen molar-refractivity contribution in [2.24, 2.45) is 0 Å². The lowest BCUT2D eigenvalue weighted by Gasteiger charge is -2.40. The Morgan fingerprint density at radius 2 is 2.00 bits per heavy atom. The minimum Gasteiger partial charge on any atom is -0.368 e. The minimum atomic E-state index is 0.343. The van der Waals surface area contributed by atoms with Crippen LogP contribution in [0.2, 0.25) is 0 Å². The third-order valence-corrected chi connectivity index (χ3v) is 4.66. The Bertz CT molecular complexity index is 620.